The van der Waals surface area contributed by atoms with Gasteiger partial charge in [0.15, 0.2) is 11.5 Å². The lowest BCUT2D eigenvalue weighted by Crippen LogP contribution is -2.17. The average molecular weight is 396 g/mol. The first-order valence-corrected chi connectivity index (χ1v) is 9.87. The van der Waals surface area contributed by atoms with Crippen molar-refractivity contribution in [1.29, 1.82) is 5.26 Å². The van der Waals surface area contributed by atoms with Crippen molar-refractivity contribution in [2.45, 2.75) is 18.9 Å². The Bertz CT molecular complexity index is 1200. The third-order valence-electron chi connectivity index (χ3n) is 5.54. The molecule has 1 unspecified atom stereocenters. The second kappa shape index (κ2) is 7.53. The number of allylic oxidation sites excluding steroid dienone is 1. The molecule has 2 heterocycles. The van der Waals surface area contributed by atoms with Gasteiger partial charge < -0.3 is 9.47 Å². The molecule has 0 radical (unpaired) electrons. The number of aliphatic imine (C=N–C) groups is 1. The normalized spacial score (nSPS) is 16.1. The highest BCUT2D eigenvalue weighted by Crippen LogP contribution is 2.44. The van der Waals surface area contributed by atoms with Crippen LogP contribution in [0, 0.1) is 11.3 Å². The smallest absolute Gasteiger partial charge is 0.161 e. The number of nitrogens with one attached hydrogen (secondary N) is 1. The maximum atomic E-state index is 9.03. The van der Waals surface area contributed by atoms with Crippen LogP contribution in [0.4, 0.5) is 0 Å². The summed E-state index contributed by atoms with van der Waals surface area (Å²) in [6.07, 6.45) is 7.53. The molecule has 0 amide bonds. The molecule has 0 spiro atoms. The Balaban J connectivity index is 1.43. The predicted molar refractivity (Wildman–Crippen MR) is 115 cm³/mol. The van der Waals surface area contributed by atoms with E-state index in [9.17, 15) is 0 Å². The van der Waals surface area contributed by atoms with Gasteiger partial charge in [-0.2, -0.15) is 10.4 Å². The van der Waals surface area contributed by atoms with Crippen molar-refractivity contribution in [2.75, 3.05) is 13.7 Å². The molecule has 2 aromatic carbocycles. The molecule has 3 aromatic rings. The summed E-state index contributed by atoms with van der Waals surface area (Å²) in [5.74, 6) is 1.44. The average Bonchev–Trinajstić information content (AvgIpc) is 3.36. The van der Waals surface area contributed by atoms with Crippen molar-refractivity contribution in [3.05, 3.63) is 65.2 Å². The second-order valence-electron chi connectivity index (χ2n) is 7.38. The zero-order valence-corrected chi connectivity index (χ0v) is 16.6. The van der Waals surface area contributed by atoms with Crippen molar-refractivity contribution in [2.24, 2.45) is 4.99 Å². The molecular formula is C24H20N4O2. The fourth-order valence-electron chi connectivity index (χ4n) is 3.97. The molecule has 6 heteroatoms. The zero-order valence-electron chi connectivity index (χ0n) is 16.6. The van der Waals surface area contributed by atoms with E-state index >= 15 is 0 Å². The lowest BCUT2D eigenvalue weighted by molar-refractivity contribution is 0.272. The standard InChI is InChI=1S/C24H20N4O2/c1-29-21-12-19-17(11-22(21)30-14-18-4-2-3-9-26-18)10-20-23(27-28-24(19)20)16-7-5-15(13-25)6-8-16/h2-3,5-9,11-12,18H,4,10,14H2,1H3,(H,27,28). The molecule has 1 aliphatic heterocycles. The van der Waals surface area contributed by atoms with Crippen LogP contribution in [0.2, 0.25) is 0 Å². The Morgan fingerprint density at radius 3 is 2.80 bits per heavy atom. The van der Waals surface area contributed by atoms with Gasteiger partial charge in [-0.3, -0.25) is 10.1 Å². The van der Waals surface area contributed by atoms with Crippen molar-refractivity contribution in [1.82, 2.24) is 10.2 Å². The van der Waals surface area contributed by atoms with Crippen LogP contribution in [0.1, 0.15) is 23.1 Å². The Kier molecular flexibility index (Phi) is 4.56. The van der Waals surface area contributed by atoms with Crippen LogP contribution in [0.25, 0.3) is 22.5 Å². The van der Waals surface area contributed by atoms with E-state index in [0.29, 0.717) is 17.9 Å². The quantitative estimate of drug-likeness (QED) is 0.545. The van der Waals surface area contributed by atoms with Crippen LogP contribution in [0.5, 0.6) is 11.5 Å². The van der Waals surface area contributed by atoms with Gasteiger partial charge in [0.05, 0.1) is 36.2 Å². The minimum atomic E-state index is 0.132. The summed E-state index contributed by atoms with van der Waals surface area (Å²) in [7, 11) is 1.65. The SMILES string of the molecule is COc1cc2c(cc1OCC1CC=CC=N1)Cc1c(-c3ccc(C#N)cc3)n[nH]c1-2. The summed E-state index contributed by atoms with van der Waals surface area (Å²) < 4.78 is 11.7. The molecule has 30 heavy (non-hydrogen) atoms. The van der Waals surface area contributed by atoms with Crippen LogP contribution in [-0.2, 0) is 6.42 Å². The molecule has 5 rings (SSSR count). The van der Waals surface area contributed by atoms with Gasteiger partial charge in [0, 0.05) is 29.3 Å². The molecule has 0 saturated heterocycles. The number of ether oxygens (including phenoxy) is 2. The molecular weight excluding hydrogens is 376 g/mol. The van der Waals surface area contributed by atoms with Gasteiger partial charge in [0.25, 0.3) is 0 Å². The minimum Gasteiger partial charge on any atom is -0.493 e. The summed E-state index contributed by atoms with van der Waals surface area (Å²) in [6.45, 7) is 0.513. The Morgan fingerprint density at radius 2 is 2.07 bits per heavy atom. The highest BCUT2D eigenvalue weighted by Gasteiger charge is 2.27. The molecule has 0 bridgehead atoms. The molecule has 148 valence electrons. The van der Waals surface area contributed by atoms with E-state index in [4.69, 9.17) is 14.7 Å². The van der Waals surface area contributed by atoms with Crippen LogP contribution >= 0.6 is 0 Å². The fraction of sp³-hybridized carbons (Fsp3) is 0.208. The molecule has 0 saturated carbocycles. The Hall–Kier alpha value is -3.85. The van der Waals surface area contributed by atoms with Crippen LogP contribution in [0.3, 0.4) is 0 Å². The van der Waals surface area contributed by atoms with Crippen molar-refractivity contribution in [3.63, 3.8) is 0 Å². The minimum absolute atomic E-state index is 0.132. The number of hydrogen-bond donors (Lipinski definition) is 1. The van der Waals surface area contributed by atoms with Gasteiger partial charge in [-0.05, 0) is 42.3 Å². The summed E-state index contributed by atoms with van der Waals surface area (Å²) in [5.41, 5.74) is 6.96. The van der Waals surface area contributed by atoms with Gasteiger partial charge in [0.2, 0.25) is 0 Å². The number of nitrogens with zero attached hydrogens (tertiary/aromatic N) is 3. The second-order valence-corrected chi connectivity index (χ2v) is 7.38. The number of aromatic amines is 1. The molecule has 1 aliphatic carbocycles. The van der Waals surface area contributed by atoms with Crippen molar-refractivity contribution < 1.29 is 9.47 Å². The summed E-state index contributed by atoms with van der Waals surface area (Å²) in [4.78, 5) is 4.44. The first-order valence-electron chi connectivity index (χ1n) is 9.87. The van der Waals surface area contributed by atoms with Gasteiger partial charge >= 0.3 is 0 Å². The zero-order chi connectivity index (χ0) is 20.5. The van der Waals surface area contributed by atoms with Gasteiger partial charge in [0.1, 0.15) is 6.61 Å². The number of dihydropyridines is 1. The summed E-state index contributed by atoms with van der Waals surface area (Å²) in [6, 6.07) is 13.9. The first-order chi connectivity index (χ1) is 14.8. The number of rotatable bonds is 5. The maximum absolute atomic E-state index is 9.03. The topological polar surface area (TPSA) is 83.3 Å². The maximum Gasteiger partial charge on any atom is 0.161 e. The number of benzene rings is 2. The fourth-order valence-corrected chi connectivity index (χ4v) is 3.97. The number of nitriles is 1. The van der Waals surface area contributed by atoms with Gasteiger partial charge in [-0.25, -0.2) is 0 Å². The van der Waals surface area contributed by atoms with E-state index in [2.05, 4.69) is 33.4 Å². The molecule has 1 aromatic heterocycles. The third-order valence-corrected chi connectivity index (χ3v) is 5.54. The third kappa shape index (κ3) is 3.15. The molecule has 1 N–H and O–H groups in total. The van der Waals surface area contributed by atoms with E-state index in [1.807, 2.05) is 42.6 Å². The largest absolute Gasteiger partial charge is 0.493 e. The Morgan fingerprint density at radius 1 is 1.20 bits per heavy atom. The first kappa shape index (κ1) is 18.2. The van der Waals surface area contributed by atoms with Crippen LogP contribution in [0.15, 0.2) is 53.5 Å². The van der Waals surface area contributed by atoms with Gasteiger partial charge in [-0.15, -0.1) is 0 Å². The molecule has 0 fully saturated rings. The predicted octanol–water partition coefficient (Wildman–Crippen LogP) is 4.31. The molecule has 6 nitrogen and oxygen atoms in total. The number of aromatic nitrogens is 2. The van der Waals surface area contributed by atoms with E-state index < -0.39 is 0 Å². The van der Waals surface area contributed by atoms with E-state index in [1.165, 1.54) is 5.56 Å². The highest BCUT2D eigenvalue weighted by molar-refractivity contribution is 5.82. The van der Waals surface area contributed by atoms with Crippen LogP contribution in [-0.4, -0.2) is 36.2 Å². The summed E-state index contributed by atoms with van der Waals surface area (Å²) in [5, 5.41) is 16.7. The lowest BCUT2D eigenvalue weighted by Gasteiger charge is -2.17. The van der Waals surface area contributed by atoms with E-state index in [-0.39, 0.29) is 6.04 Å². The van der Waals surface area contributed by atoms with E-state index in [0.717, 1.165) is 46.7 Å². The number of methoxy groups -OCH3 is 1. The monoisotopic (exact) mass is 396 g/mol. The van der Waals surface area contributed by atoms with Gasteiger partial charge in [-0.1, -0.05) is 18.2 Å². The number of hydrogen-bond acceptors (Lipinski definition) is 5. The number of H-pyrrole nitrogens is 1. The number of fused-ring (bicyclic) bond motifs is 3. The highest BCUT2D eigenvalue weighted by atomic mass is 16.5. The Labute approximate surface area is 174 Å². The molecule has 2 aliphatic rings. The summed E-state index contributed by atoms with van der Waals surface area (Å²) >= 11 is 0. The van der Waals surface area contributed by atoms with E-state index in [1.54, 1.807) is 7.11 Å². The lowest BCUT2D eigenvalue weighted by atomic mass is 10.0. The molecule has 1 atom stereocenters. The van der Waals surface area contributed by atoms with Crippen molar-refractivity contribution in [3.8, 4) is 40.1 Å². The van der Waals surface area contributed by atoms with Crippen LogP contribution < -0.4 is 9.47 Å². The van der Waals surface area contributed by atoms with Crippen molar-refractivity contribution >= 4 is 6.21 Å².